The normalized spacial score (nSPS) is 10.8. The van der Waals surface area contributed by atoms with Crippen molar-refractivity contribution in [2.45, 2.75) is 12.8 Å². The van der Waals surface area contributed by atoms with Crippen LogP contribution in [0.2, 0.25) is 0 Å². The van der Waals surface area contributed by atoms with Crippen LogP contribution in [0.1, 0.15) is 16.8 Å². The van der Waals surface area contributed by atoms with Crippen molar-refractivity contribution in [1.29, 1.82) is 0 Å². The van der Waals surface area contributed by atoms with Gasteiger partial charge in [-0.3, -0.25) is 4.79 Å². The van der Waals surface area contributed by atoms with Gasteiger partial charge in [0.15, 0.2) is 5.78 Å². The maximum absolute atomic E-state index is 11.7. The monoisotopic (exact) mass is 307 g/mol. The van der Waals surface area contributed by atoms with Crippen molar-refractivity contribution >= 4 is 27.4 Å². The van der Waals surface area contributed by atoms with Crippen LogP contribution in [0.15, 0.2) is 22.7 Å². The van der Waals surface area contributed by atoms with E-state index in [1.54, 1.807) is 18.2 Å². The minimum atomic E-state index is -2.50. The second-order valence-corrected chi connectivity index (χ2v) is 4.23. The smallest absolute Gasteiger partial charge is 0.261 e. The molecule has 6 heteroatoms. The van der Waals surface area contributed by atoms with E-state index in [4.69, 9.17) is 5.73 Å². The maximum Gasteiger partial charge on any atom is 0.261 e. The molecule has 0 amide bonds. The van der Waals surface area contributed by atoms with E-state index in [2.05, 4.69) is 20.7 Å². The van der Waals surface area contributed by atoms with Gasteiger partial charge in [-0.1, -0.05) is 0 Å². The molecule has 1 rings (SSSR count). The number of ether oxygens (including phenoxy) is 1. The minimum Gasteiger partial charge on any atom is -0.398 e. The third-order valence-corrected chi connectivity index (χ3v) is 2.73. The van der Waals surface area contributed by atoms with Gasteiger partial charge in [-0.15, -0.1) is 0 Å². The van der Waals surface area contributed by atoms with Crippen LogP contribution in [0.4, 0.5) is 14.5 Å². The number of rotatable bonds is 6. The first-order valence-corrected chi connectivity index (χ1v) is 5.74. The molecule has 1 aromatic carbocycles. The number of halogens is 3. The summed E-state index contributed by atoms with van der Waals surface area (Å²) in [6, 6.07) is 4.80. The van der Waals surface area contributed by atoms with Gasteiger partial charge in [-0.25, -0.2) is 8.78 Å². The molecule has 0 atom stereocenters. The van der Waals surface area contributed by atoms with Gasteiger partial charge in [0, 0.05) is 22.1 Å². The summed E-state index contributed by atoms with van der Waals surface area (Å²) in [4.78, 5) is 11.6. The highest BCUT2D eigenvalue weighted by Crippen LogP contribution is 2.21. The molecule has 0 aliphatic rings. The van der Waals surface area contributed by atoms with Gasteiger partial charge in [-0.05, 0) is 34.1 Å². The number of carbonyl (C=O) groups excluding carboxylic acids is 1. The van der Waals surface area contributed by atoms with Gasteiger partial charge in [0.1, 0.15) is 6.61 Å². The number of hydrogen-bond acceptors (Lipinski definition) is 3. The molecule has 0 saturated heterocycles. The van der Waals surface area contributed by atoms with Crippen molar-refractivity contribution in [2.24, 2.45) is 0 Å². The van der Waals surface area contributed by atoms with Crippen molar-refractivity contribution in [2.75, 3.05) is 18.9 Å². The molecule has 0 bridgehead atoms. The first kappa shape index (κ1) is 14.1. The Morgan fingerprint density at radius 3 is 2.76 bits per heavy atom. The second kappa shape index (κ2) is 6.66. The number of alkyl halides is 2. The fourth-order valence-electron chi connectivity index (χ4n) is 1.18. The van der Waals surface area contributed by atoms with Crippen LogP contribution in [0.5, 0.6) is 0 Å². The maximum atomic E-state index is 11.7. The van der Waals surface area contributed by atoms with E-state index in [1.807, 2.05) is 0 Å². The molecule has 3 nitrogen and oxygen atoms in total. The second-order valence-electron chi connectivity index (χ2n) is 3.38. The van der Waals surface area contributed by atoms with Gasteiger partial charge in [-0.2, -0.15) is 0 Å². The van der Waals surface area contributed by atoms with Crippen LogP contribution in [0, 0.1) is 0 Å². The van der Waals surface area contributed by atoms with E-state index >= 15 is 0 Å². The van der Waals surface area contributed by atoms with Crippen LogP contribution in [-0.4, -0.2) is 25.4 Å². The van der Waals surface area contributed by atoms with E-state index in [9.17, 15) is 13.6 Å². The Bertz CT molecular complexity index is 399. The highest BCUT2D eigenvalue weighted by molar-refractivity contribution is 9.10. The summed E-state index contributed by atoms with van der Waals surface area (Å²) < 4.78 is 28.8. The highest BCUT2D eigenvalue weighted by atomic mass is 79.9. The summed E-state index contributed by atoms with van der Waals surface area (Å²) in [5.74, 6) is -0.167. The fraction of sp³-hybridized carbons (Fsp3) is 0.364. The summed E-state index contributed by atoms with van der Waals surface area (Å²) in [5.41, 5.74) is 6.59. The average molecular weight is 308 g/mol. The molecule has 0 radical (unpaired) electrons. The molecule has 0 aromatic heterocycles. The molecule has 17 heavy (non-hydrogen) atoms. The summed E-state index contributed by atoms with van der Waals surface area (Å²) in [6.07, 6.45) is -2.43. The lowest BCUT2D eigenvalue weighted by Crippen LogP contribution is -2.09. The van der Waals surface area contributed by atoms with Crippen LogP contribution < -0.4 is 5.73 Å². The van der Waals surface area contributed by atoms with E-state index in [0.29, 0.717) is 15.7 Å². The quantitative estimate of drug-likeness (QED) is 0.499. The summed E-state index contributed by atoms with van der Waals surface area (Å²) in [5, 5.41) is 0. The zero-order valence-corrected chi connectivity index (χ0v) is 10.5. The van der Waals surface area contributed by atoms with E-state index in [1.165, 1.54) is 0 Å². The number of nitrogens with two attached hydrogens (primary N) is 1. The summed E-state index contributed by atoms with van der Waals surface area (Å²) in [7, 11) is 0. The molecule has 0 aliphatic carbocycles. The Morgan fingerprint density at radius 1 is 1.47 bits per heavy atom. The number of carbonyl (C=O) groups is 1. The minimum absolute atomic E-state index is 0.00876. The topological polar surface area (TPSA) is 52.3 Å². The zero-order chi connectivity index (χ0) is 12.8. The van der Waals surface area contributed by atoms with E-state index in [-0.39, 0.29) is 18.8 Å². The van der Waals surface area contributed by atoms with Crippen molar-refractivity contribution in [3.8, 4) is 0 Å². The molecular weight excluding hydrogens is 296 g/mol. The SMILES string of the molecule is Nc1ccc(C(=O)CCOCC(F)F)cc1Br. The van der Waals surface area contributed by atoms with Crippen LogP contribution in [0.25, 0.3) is 0 Å². The molecule has 0 saturated carbocycles. The molecule has 0 heterocycles. The van der Waals surface area contributed by atoms with Crippen molar-refractivity contribution in [3.63, 3.8) is 0 Å². The van der Waals surface area contributed by atoms with Crippen LogP contribution in [0.3, 0.4) is 0 Å². The van der Waals surface area contributed by atoms with Gasteiger partial charge in [0.25, 0.3) is 6.43 Å². The van der Waals surface area contributed by atoms with Gasteiger partial charge in [0.05, 0.1) is 6.61 Å². The number of benzene rings is 1. The van der Waals surface area contributed by atoms with Gasteiger partial charge in [0.2, 0.25) is 0 Å². The van der Waals surface area contributed by atoms with Gasteiger partial charge >= 0.3 is 0 Å². The number of nitrogen functional groups attached to an aromatic ring is 1. The number of hydrogen-bond donors (Lipinski definition) is 1. The molecule has 2 N–H and O–H groups in total. The predicted molar refractivity (Wildman–Crippen MR) is 64.3 cm³/mol. The number of ketones is 1. The van der Waals surface area contributed by atoms with Gasteiger partial charge < -0.3 is 10.5 Å². The third kappa shape index (κ3) is 4.79. The van der Waals surface area contributed by atoms with Crippen LogP contribution in [-0.2, 0) is 4.74 Å². The fourth-order valence-corrected chi connectivity index (χ4v) is 1.56. The molecule has 1 aromatic rings. The Labute approximate surface area is 106 Å². The average Bonchev–Trinajstić information content (AvgIpc) is 2.27. The lowest BCUT2D eigenvalue weighted by atomic mass is 10.1. The first-order chi connectivity index (χ1) is 8.00. The Morgan fingerprint density at radius 2 is 2.18 bits per heavy atom. The third-order valence-electron chi connectivity index (χ3n) is 2.04. The largest absolute Gasteiger partial charge is 0.398 e. The summed E-state index contributed by atoms with van der Waals surface area (Å²) >= 11 is 3.21. The lowest BCUT2D eigenvalue weighted by molar-refractivity contribution is 0.0170. The molecule has 0 spiro atoms. The first-order valence-electron chi connectivity index (χ1n) is 4.95. The molecule has 0 fully saturated rings. The molecule has 0 aliphatic heterocycles. The standard InChI is InChI=1S/C11H12BrF2NO2/c12-8-5-7(1-2-9(8)15)10(16)3-4-17-6-11(13)14/h1-2,5,11H,3-4,6,15H2. The van der Waals surface area contributed by atoms with E-state index < -0.39 is 13.0 Å². The summed E-state index contributed by atoms with van der Waals surface area (Å²) in [6.45, 7) is -0.649. The number of Topliss-reactive ketones (excluding diaryl/α,β-unsaturated/α-hetero) is 1. The van der Waals surface area contributed by atoms with Crippen molar-refractivity contribution < 1.29 is 18.3 Å². The Balaban J connectivity index is 2.44. The van der Waals surface area contributed by atoms with Crippen LogP contribution >= 0.6 is 15.9 Å². The Kier molecular flexibility index (Phi) is 5.50. The highest BCUT2D eigenvalue weighted by Gasteiger charge is 2.08. The molecular formula is C11H12BrF2NO2. The zero-order valence-electron chi connectivity index (χ0n) is 8.96. The Hall–Kier alpha value is -1.01. The van der Waals surface area contributed by atoms with Crippen molar-refractivity contribution in [1.82, 2.24) is 0 Å². The number of anilines is 1. The molecule has 94 valence electrons. The molecule has 0 unspecified atom stereocenters. The van der Waals surface area contributed by atoms with E-state index in [0.717, 1.165) is 0 Å². The predicted octanol–water partition coefficient (Wildman–Crippen LogP) is 2.89. The van der Waals surface area contributed by atoms with Crippen molar-refractivity contribution in [3.05, 3.63) is 28.2 Å². The lowest BCUT2D eigenvalue weighted by Gasteiger charge is -2.04.